The van der Waals surface area contributed by atoms with Crippen LogP contribution in [0.3, 0.4) is 0 Å². The van der Waals surface area contributed by atoms with Gasteiger partial charge in [-0.15, -0.1) is 0 Å². The molecule has 8 heteroatoms. The maximum absolute atomic E-state index is 13.4. The van der Waals surface area contributed by atoms with Crippen molar-refractivity contribution < 1.29 is 22.7 Å². The summed E-state index contributed by atoms with van der Waals surface area (Å²) in [7, 11) is 0. The third kappa shape index (κ3) is 3.34. The fraction of sp³-hybridized carbons (Fsp3) is 0.476. The van der Waals surface area contributed by atoms with Gasteiger partial charge in [0.2, 0.25) is 5.91 Å². The Morgan fingerprint density at radius 2 is 2.03 bits per heavy atom. The Morgan fingerprint density at radius 1 is 1.24 bits per heavy atom. The first-order valence-corrected chi connectivity index (χ1v) is 9.89. The lowest BCUT2D eigenvalue weighted by Gasteiger charge is -2.42. The molecule has 1 aliphatic carbocycles. The van der Waals surface area contributed by atoms with E-state index >= 15 is 0 Å². The van der Waals surface area contributed by atoms with Crippen molar-refractivity contribution in [2.45, 2.75) is 18.6 Å². The zero-order valence-electron chi connectivity index (χ0n) is 15.8. The van der Waals surface area contributed by atoms with Gasteiger partial charge in [-0.05, 0) is 29.2 Å². The molecule has 29 heavy (non-hydrogen) atoms. The standard InChI is InChI=1S/C21H22F3N3O2/c22-21(23,24)12-27-11-14(20(28)26-4-6-29-7-5-26)8-16-15-2-1-3-17-19(15)13(10-25-17)9-18(16)27/h1-3,8,10,14,18,25H,4-7,9,11-12H2/t14-,18-/m1/s1. The van der Waals surface area contributed by atoms with Crippen molar-refractivity contribution in [3.63, 3.8) is 0 Å². The van der Waals surface area contributed by atoms with Gasteiger partial charge in [-0.2, -0.15) is 13.2 Å². The molecule has 3 heterocycles. The summed E-state index contributed by atoms with van der Waals surface area (Å²) in [5.41, 5.74) is 3.77. The normalized spacial score (nSPS) is 25.1. The van der Waals surface area contributed by atoms with Crippen LogP contribution < -0.4 is 0 Å². The Bertz CT molecular complexity index is 975. The van der Waals surface area contributed by atoms with Crippen molar-refractivity contribution in [2.75, 3.05) is 39.4 Å². The molecule has 0 radical (unpaired) electrons. The maximum atomic E-state index is 13.4. The van der Waals surface area contributed by atoms with E-state index in [1.807, 2.05) is 30.5 Å². The van der Waals surface area contributed by atoms with E-state index in [4.69, 9.17) is 4.74 Å². The van der Waals surface area contributed by atoms with Gasteiger partial charge in [0.05, 0.1) is 25.7 Å². The zero-order chi connectivity index (χ0) is 20.2. The minimum atomic E-state index is -4.32. The third-order valence-electron chi connectivity index (χ3n) is 6.15. The van der Waals surface area contributed by atoms with Crippen molar-refractivity contribution in [2.24, 2.45) is 5.92 Å². The Kier molecular flexibility index (Phi) is 4.43. The van der Waals surface area contributed by atoms with Crippen LogP contribution in [0.4, 0.5) is 13.2 Å². The SMILES string of the molecule is O=C([C@@H]1C=C2c3cccc4[nH]cc(c34)C[C@H]2N(CC(F)(F)F)C1)N1CCOCC1. The van der Waals surface area contributed by atoms with E-state index in [9.17, 15) is 18.0 Å². The number of fused-ring (bicyclic) bond motifs is 2. The Labute approximate surface area is 166 Å². The number of benzene rings is 1. The summed E-state index contributed by atoms with van der Waals surface area (Å²) < 4.78 is 45.4. The number of nitrogens with zero attached hydrogens (tertiary/aromatic N) is 2. The summed E-state index contributed by atoms with van der Waals surface area (Å²) in [4.78, 5) is 19.5. The quantitative estimate of drug-likeness (QED) is 0.836. The number of nitrogens with one attached hydrogen (secondary N) is 1. The van der Waals surface area contributed by atoms with Gasteiger partial charge in [-0.25, -0.2) is 0 Å². The second kappa shape index (κ2) is 6.88. The number of morpholine rings is 1. The number of H-pyrrole nitrogens is 1. The zero-order valence-corrected chi connectivity index (χ0v) is 15.8. The Hall–Kier alpha value is -2.32. The van der Waals surface area contributed by atoms with Crippen LogP contribution in [0.2, 0.25) is 0 Å². The number of amides is 1. The second-order valence-corrected chi connectivity index (χ2v) is 7.97. The van der Waals surface area contributed by atoms with Crippen molar-refractivity contribution >= 4 is 22.4 Å². The first-order chi connectivity index (χ1) is 13.9. The highest BCUT2D eigenvalue weighted by Crippen LogP contribution is 2.42. The molecule has 0 bridgehead atoms. The molecule has 0 saturated carbocycles. The summed E-state index contributed by atoms with van der Waals surface area (Å²) in [6.07, 6.45) is -0.00141. The van der Waals surface area contributed by atoms with E-state index in [1.54, 1.807) is 4.90 Å². The summed E-state index contributed by atoms with van der Waals surface area (Å²) in [6.45, 7) is 0.973. The number of aromatic amines is 1. The molecule has 3 aliphatic rings. The Morgan fingerprint density at radius 3 is 2.79 bits per heavy atom. The average Bonchev–Trinajstić information content (AvgIpc) is 3.12. The van der Waals surface area contributed by atoms with Crippen LogP contribution in [-0.2, 0) is 16.0 Å². The molecule has 0 unspecified atom stereocenters. The van der Waals surface area contributed by atoms with Crippen molar-refractivity contribution in [3.05, 3.63) is 41.6 Å². The van der Waals surface area contributed by atoms with E-state index < -0.39 is 18.6 Å². The van der Waals surface area contributed by atoms with E-state index in [0.717, 1.165) is 27.6 Å². The summed E-state index contributed by atoms with van der Waals surface area (Å²) in [5, 5.41) is 1.06. The van der Waals surface area contributed by atoms with E-state index in [1.165, 1.54) is 4.90 Å². The highest BCUT2D eigenvalue weighted by atomic mass is 19.4. The Balaban J connectivity index is 1.56. The number of carbonyl (C=O) groups is 1. The number of alkyl halides is 3. The molecular formula is C21H22F3N3O2. The molecule has 1 saturated heterocycles. The number of hydrogen-bond donors (Lipinski definition) is 1. The van der Waals surface area contributed by atoms with Crippen molar-refractivity contribution in [1.29, 1.82) is 0 Å². The van der Waals surface area contributed by atoms with Gasteiger partial charge in [0.25, 0.3) is 0 Å². The summed E-state index contributed by atoms with van der Waals surface area (Å²) >= 11 is 0. The van der Waals surface area contributed by atoms with Gasteiger partial charge in [0.15, 0.2) is 0 Å². The first kappa shape index (κ1) is 18.7. The minimum absolute atomic E-state index is 0.0829. The number of hydrogen-bond acceptors (Lipinski definition) is 3. The smallest absolute Gasteiger partial charge is 0.378 e. The second-order valence-electron chi connectivity index (χ2n) is 7.97. The van der Waals surface area contributed by atoms with Crippen LogP contribution in [0, 0.1) is 5.92 Å². The maximum Gasteiger partial charge on any atom is 0.401 e. The molecule has 154 valence electrons. The van der Waals surface area contributed by atoms with Crippen LogP contribution >= 0.6 is 0 Å². The number of carbonyl (C=O) groups excluding carboxylic acids is 1. The molecule has 0 spiro atoms. The summed E-state index contributed by atoms with van der Waals surface area (Å²) in [6, 6.07) is 5.45. The fourth-order valence-electron chi connectivity index (χ4n) is 4.90. The van der Waals surface area contributed by atoms with Crippen molar-refractivity contribution in [3.8, 4) is 0 Å². The molecule has 1 aromatic carbocycles. The predicted octanol–water partition coefficient (Wildman–Crippen LogP) is 2.83. The summed E-state index contributed by atoms with van der Waals surface area (Å²) in [5.74, 6) is -0.698. The first-order valence-electron chi connectivity index (χ1n) is 9.89. The van der Waals surface area contributed by atoms with Gasteiger partial charge >= 0.3 is 6.18 Å². The van der Waals surface area contributed by atoms with E-state index in [-0.39, 0.29) is 18.5 Å². The van der Waals surface area contributed by atoms with Crippen molar-refractivity contribution in [1.82, 2.24) is 14.8 Å². The molecule has 5 nitrogen and oxygen atoms in total. The largest absolute Gasteiger partial charge is 0.401 e. The molecular weight excluding hydrogens is 383 g/mol. The van der Waals surface area contributed by atoms with Gasteiger partial charge in [0.1, 0.15) is 0 Å². The van der Waals surface area contributed by atoms with Crippen LogP contribution in [0.15, 0.2) is 30.5 Å². The minimum Gasteiger partial charge on any atom is -0.378 e. The van der Waals surface area contributed by atoms with Gasteiger partial charge in [0, 0.05) is 42.8 Å². The molecule has 1 amide bonds. The number of halogens is 3. The van der Waals surface area contributed by atoms with Crippen LogP contribution in [-0.4, -0.2) is 72.3 Å². The average molecular weight is 405 g/mol. The van der Waals surface area contributed by atoms with Crippen LogP contribution in [0.1, 0.15) is 11.1 Å². The lowest BCUT2D eigenvalue weighted by molar-refractivity contribution is -0.154. The molecule has 2 atom stereocenters. The van der Waals surface area contributed by atoms with E-state index in [0.29, 0.717) is 32.7 Å². The topological polar surface area (TPSA) is 48.6 Å². The molecule has 2 aliphatic heterocycles. The van der Waals surface area contributed by atoms with Crippen LogP contribution in [0.5, 0.6) is 0 Å². The third-order valence-corrected chi connectivity index (χ3v) is 6.15. The highest BCUT2D eigenvalue weighted by molar-refractivity contribution is 5.99. The lowest BCUT2D eigenvalue weighted by atomic mass is 9.79. The van der Waals surface area contributed by atoms with Crippen LogP contribution in [0.25, 0.3) is 16.5 Å². The highest BCUT2D eigenvalue weighted by Gasteiger charge is 2.42. The molecule has 1 N–H and O–H groups in total. The van der Waals surface area contributed by atoms with E-state index in [2.05, 4.69) is 4.98 Å². The molecule has 1 aromatic heterocycles. The number of rotatable bonds is 2. The number of ether oxygens (including phenoxy) is 1. The molecule has 2 aromatic rings. The van der Waals surface area contributed by atoms with Gasteiger partial charge in [-0.1, -0.05) is 18.2 Å². The van der Waals surface area contributed by atoms with Gasteiger partial charge in [-0.3, -0.25) is 9.69 Å². The van der Waals surface area contributed by atoms with Gasteiger partial charge < -0.3 is 14.6 Å². The molecule has 1 fully saturated rings. The number of aromatic nitrogens is 1. The predicted molar refractivity (Wildman–Crippen MR) is 102 cm³/mol. The fourth-order valence-corrected chi connectivity index (χ4v) is 4.90. The molecule has 5 rings (SSSR count). The lowest BCUT2D eigenvalue weighted by Crippen LogP contribution is -2.53. The monoisotopic (exact) mass is 405 g/mol.